The van der Waals surface area contributed by atoms with Crippen molar-refractivity contribution in [3.8, 4) is 11.5 Å². The predicted molar refractivity (Wildman–Crippen MR) is 141 cm³/mol. The van der Waals surface area contributed by atoms with Crippen LogP contribution in [0.2, 0.25) is 5.02 Å². The summed E-state index contributed by atoms with van der Waals surface area (Å²) in [5.41, 5.74) is 4.80. The van der Waals surface area contributed by atoms with Gasteiger partial charge < -0.3 is 9.47 Å². The van der Waals surface area contributed by atoms with Gasteiger partial charge in [-0.2, -0.15) is 5.10 Å². The molecule has 0 atom stereocenters. The molecule has 4 rings (SSSR count). The van der Waals surface area contributed by atoms with Crippen molar-refractivity contribution in [2.45, 2.75) is 6.61 Å². The Hall–Kier alpha value is -3.10. The largest absolute Gasteiger partial charge is 0.493 e. The van der Waals surface area contributed by atoms with E-state index in [1.807, 2.05) is 30.3 Å². The normalized spacial score (nSPS) is 11.0. The Kier molecular flexibility index (Phi) is 7.47. The van der Waals surface area contributed by atoms with Crippen molar-refractivity contribution >= 4 is 57.1 Å². The molecular weight excluding hydrogens is 551 g/mol. The first-order valence-corrected chi connectivity index (χ1v) is 11.6. The number of nitrogens with zero attached hydrogens (tertiary/aromatic N) is 1. The van der Waals surface area contributed by atoms with Gasteiger partial charge in [0.15, 0.2) is 11.5 Å². The molecule has 0 unspecified atom stereocenters. The first-order valence-electron chi connectivity index (χ1n) is 10.1. The Balaban J connectivity index is 1.48. The lowest BCUT2D eigenvalue weighted by atomic mass is 10.1. The van der Waals surface area contributed by atoms with Crippen LogP contribution in [0.4, 0.5) is 0 Å². The zero-order chi connectivity index (χ0) is 23.2. The van der Waals surface area contributed by atoms with E-state index in [1.54, 1.807) is 37.6 Å². The van der Waals surface area contributed by atoms with Crippen molar-refractivity contribution in [3.05, 3.63) is 104 Å². The average Bonchev–Trinajstić information content (AvgIpc) is 2.83. The summed E-state index contributed by atoms with van der Waals surface area (Å²) in [7, 11) is 1.60. The van der Waals surface area contributed by atoms with Gasteiger partial charge in [-0.1, -0.05) is 60.1 Å². The second-order valence-electron chi connectivity index (χ2n) is 7.17. The third-order valence-electron chi connectivity index (χ3n) is 4.97. The second-order valence-corrected chi connectivity index (χ2v) is 8.77. The van der Waals surface area contributed by atoms with Crippen molar-refractivity contribution in [2.24, 2.45) is 5.10 Å². The number of benzene rings is 4. The Morgan fingerprint density at radius 2 is 1.85 bits per heavy atom. The SMILES string of the molecule is COc1cc(/C=N\NC(=O)c2cccc(Cl)c2)cc(I)c1OCc1cccc2ccccc12. The highest BCUT2D eigenvalue weighted by Gasteiger charge is 2.12. The van der Waals surface area contributed by atoms with Gasteiger partial charge in [-0.05, 0) is 74.8 Å². The summed E-state index contributed by atoms with van der Waals surface area (Å²) in [6.07, 6.45) is 1.56. The molecule has 0 fully saturated rings. The van der Waals surface area contributed by atoms with Crippen molar-refractivity contribution in [3.63, 3.8) is 0 Å². The van der Waals surface area contributed by atoms with Crippen LogP contribution in [-0.2, 0) is 6.61 Å². The minimum Gasteiger partial charge on any atom is -0.493 e. The average molecular weight is 571 g/mol. The highest BCUT2D eigenvalue weighted by Crippen LogP contribution is 2.34. The molecule has 0 radical (unpaired) electrons. The monoisotopic (exact) mass is 570 g/mol. The molecule has 5 nitrogen and oxygen atoms in total. The smallest absolute Gasteiger partial charge is 0.271 e. The topological polar surface area (TPSA) is 59.9 Å². The molecule has 0 aliphatic heterocycles. The summed E-state index contributed by atoms with van der Waals surface area (Å²) in [4.78, 5) is 12.2. The van der Waals surface area contributed by atoms with Gasteiger partial charge in [-0.15, -0.1) is 0 Å². The molecule has 0 saturated carbocycles. The van der Waals surface area contributed by atoms with Crippen LogP contribution in [0.1, 0.15) is 21.5 Å². The van der Waals surface area contributed by atoms with E-state index in [1.165, 1.54) is 5.39 Å². The fourth-order valence-electron chi connectivity index (χ4n) is 3.38. The van der Waals surface area contributed by atoms with Crippen LogP contribution in [0.25, 0.3) is 10.8 Å². The van der Waals surface area contributed by atoms with Crippen LogP contribution < -0.4 is 14.9 Å². The number of hydrogen-bond acceptors (Lipinski definition) is 4. The fourth-order valence-corrected chi connectivity index (χ4v) is 4.35. The summed E-state index contributed by atoms with van der Waals surface area (Å²) < 4.78 is 12.6. The van der Waals surface area contributed by atoms with E-state index in [4.69, 9.17) is 21.1 Å². The van der Waals surface area contributed by atoms with E-state index in [2.05, 4.69) is 57.4 Å². The lowest BCUT2D eigenvalue weighted by Gasteiger charge is -2.14. The minimum atomic E-state index is -0.342. The van der Waals surface area contributed by atoms with Gasteiger partial charge in [-0.3, -0.25) is 4.79 Å². The van der Waals surface area contributed by atoms with Crippen LogP contribution in [0.5, 0.6) is 11.5 Å². The Labute approximate surface area is 210 Å². The fraction of sp³-hybridized carbons (Fsp3) is 0.0769. The van der Waals surface area contributed by atoms with Gasteiger partial charge in [-0.25, -0.2) is 5.43 Å². The zero-order valence-corrected chi connectivity index (χ0v) is 20.6. The van der Waals surface area contributed by atoms with Gasteiger partial charge in [0.05, 0.1) is 16.9 Å². The third-order valence-corrected chi connectivity index (χ3v) is 6.01. The summed E-state index contributed by atoms with van der Waals surface area (Å²) in [5.74, 6) is 0.904. The van der Waals surface area contributed by atoms with E-state index >= 15 is 0 Å². The second kappa shape index (κ2) is 10.7. The van der Waals surface area contributed by atoms with Crippen LogP contribution in [0.15, 0.2) is 84.0 Å². The van der Waals surface area contributed by atoms with E-state index in [0.717, 1.165) is 20.1 Å². The quantitative estimate of drug-likeness (QED) is 0.158. The van der Waals surface area contributed by atoms with Gasteiger partial charge in [0.1, 0.15) is 6.61 Å². The lowest BCUT2D eigenvalue weighted by molar-refractivity contribution is 0.0955. The Morgan fingerprint density at radius 1 is 1.06 bits per heavy atom. The van der Waals surface area contributed by atoms with E-state index in [-0.39, 0.29) is 5.91 Å². The lowest BCUT2D eigenvalue weighted by Crippen LogP contribution is -2.17. The standard InChI is InChI=1S/C26H20ClIN2O3/c1-32-24-13-17(15-29-30-26(31)19-8-5-10-21(27)14-19)12-23(28)25(24)33-16-20-9-4-7-18-6-2-3-11-22(18)20/h2-15H,16H2,1H3,(H,30,31)/b29-15-. The number of carbonyl (C=O) groups is 1. The zero-order valence-electron chi connectivity index (χ0n) is 17.7. The van der Waals surface area contributed by atoms with E-state index in [9.17, 15) is 4.79 Å². The van der Waals surface area contributed by atoms with E-state index in [0.29, 0.717) is 28.7 Å². The number of ether oxygens (including phenoxy) is 2. The van der Waals surface area contributed by atoms with Crippen LogP contribution >= 0.6 is 34.2 Å². The number of methoxy groups -OCH3 is 1. The molecule has 7 heteroatoms. The number of nitrogens with one attached hydrogen (secondary N) is 1. The summed E-state index contributed by atoms with van der Waals surface area (Å²) in [5, 5.41) is 6.88. The molecule has 0 heterocycles. The van der Waals surface area contributed by atoms with Crippen molar-refractivity contribution in [1.82, 2.24) is 5.43 Å². The molecule has 0 bridgehead atoms. The number of rotatable bonds is 7. The van der Waals surface area contributed by atoms with Crippen molar-refractivity contribution in [2.75, 3.05) is 7.11 Å². The Bertz CT molecular complexity index is 1340. The van der Waals surface area contributed by atoms with Crippen molar-refractivity contribution in [1.29, 1.82) is 0 Å². The minimum absolute atomic E-state index is 0.342. The molecule has 1 N–H and O–H groups in total. The molecule has 0 aromatic heterocycles. The molecule has 0 spiro atoms. The van der Waals surface area contributed by atoms with Crippen LogP contribution in [0, 0.1) is 3.57 Å². The van der Waals surface area contributed by atoms with Gasteiger partial charge in [0.2, 0.25) is 0 Å². The molecule has 0 aliphatic rings. The van der Waals surface area contributed by atoms with Crippen molar-refractivity contribution < 1.29 is 14.3 Å². The summed E-state index contributed by atoms with van der Waals surface area (Å²) >= 11 is 8.14. The highest BCUT2D eigenvalue weighted by molar-refractivity contribution is 14.1. The molecule has 1 amide bonds. The molecule has 0 saturated heterocycles. The maximum Gasteiger partial charge on any atom is 0.271 e. The number of hydrogen-bond donors (Lipinski definition) is 1. The molecule has 4 aromatic carbocycles. The maximum atomic E-state index is 12.2. The molecule has 4 aromatic rings. The summed E-state index contributed by atoms with van der Waals surface area (Å²) in [6.45, 7) is 0.414. The van der Waals surface area contributed by atoms with Crippen LogP contribution in [0.3, 0.4) is 0 Å². The summed E-state index contributed by atoms with van der Waals surface area (Å²) in [6, 6.07) is 24.8. The number of fused-ring (bicyclic) bond motifs is 1. The first kappa shape index (κ1) is 23.1. The van der Waals surface area contributed by atoms with Gasteiger partial charge in [0, 0.05) is 10.6 Å². The van der Waals surface area contributed by atoms with Gasteiger partial charge >= 0.3 is 0 Å². The third kappa shape index (κ3) is 5.64. The first-order chi connectivity index (χ1) is 16.0. The number of amides is 1. The highest BCUT2D eigenvalue weighted by atomic mass is 127. The molecule has 0 aliphatic carbocycles. The molecule has 33 heavy (non-hydrogen) atoms. The number of hydrazone groups is 1. The Morgan fingerprint density at radius 3 is 2.67 bits per heavy atom. The van der Waals surface area contributed by atoms with Crippen LogP contribution in [-0.4, -0.2) is 19.2 Å². The van der Waals surface area contributed by atoms with E-state index < -0.39 is 0 Å². The maximum absolute atomic E-state index is 12.2. The molecular formula is C26H20ClIN2O3. The number of carbonyl (C=O) groups excluding carboxylic acids is 1. The number of halogens is 2. The molecule has 166 valence electrons. The predicted octanol–water partition coefficient (Wildman–Crippen LogP) is 6.45. The van der Waals surface area contributed by atoms with Gasteiger partial charge in [0.25, 0.3) is 5.91 Å².